The molecule has 0 aromatic heterocycles. The van der Waals surface area contributed by atoms with Crippen molar-refractivity contribution in [1.82, 2.24) is 15.1 Å². The highest BCUT2D eigenvalue weighted by Gasteiger charge is 2.40. The van der Waals surface area contributed by atoms with Gasteiger partial charge in [-0.15, -0.1) is 0 Å². The van der Waals surface area contributed by atoms with Crippen LogP contribution in [0.3, 0.4) is 0 Å². The second kappa shape index (κ2) is 8.03. The van der Waals surface area contributed by atoms with Gasteiger partial charge in [-0.2, -0.15) is 13.2 Å². The summed E-state index contributed by atoms with van der Waals surface area (Å²) in [6.45, 7) is 1.39. The number of carbonyl (C=O) groups is 2. The van der Waals surface area contributed by atoms with Crippen molar-refractivity contribution in [3.05, 3.63) is 35.1 Å². The summed E-state index contributed by atoms with van der Waals surface area (Å²) in [6, 6.07) is 1.93. The van der Waals surface area contributed by atoms with Crippen LogP contribution in [0.4, 0.5) is 22.4 Å². The molecule has 2 atom stereocenters. The zero-order valence-electron chi connectivity index (χ0n) is 16.0. The number of benzene rings is 1. The number of ether oxygens (including phenoxy) is 2. The highest BCUT2D eigenvalue weighted by atomic mass is 19.4. The van der Waals surface area contributed by atoms with Crippen LogP contribution in [0.1, 0.15) is 17.5 Å². The number of nitrogens with zero attached hydrogens (tertiary/aromatic N) is 2. The van der Waals surface area contributed by atoms with Gasteiger partial charge in [0.1, 0.15) is 12.4 Å². The first-order valence-electron chi connectivity index (χ1n) is 9.63. The molecule has 3 aliphatic rings. The summed E-state index contributed by atoms with van der Waals surface area (Å²) in [5.41, 5.74) is -1.02. The van der Waals surface area contributed by atoms with Gasteiger partial charge >= 0.3 is 12.2 Å². The van der Waals surface area contributed by atoms with E-state index in [9.17, 15) is 27.2 Å². The van der Waals surface area contributed by atoms with Gasteiger partial charge in [0.2, 0.25) is 5.91 Å². The Morgan fingerprint density at radius 3 is 2.70 bits per heavy atom. The van der Waals surface area contributed by atoms with Gasteiger partial charge in [-0.1, -0.05) is 6.07 Å². The molecule has 11 heteroatoms. The number of carbonyl (C=O) groups excluding carboxylic acids is 2. The summed E-state index contributed by atoms with van der Waals surface area (Å²) >= 11 is 0. The fourth-order valence-corrected chi connectivity index (χ4v) is 3.82. The zero-order chi connectivity index (χ0) is 21.5. The number of urea groups is 1. The Morgan fingerprint density at radius 1 is 1.23 bits per heavy atom. The van der Waals surface area contributed by atoms with Gasteiger partial charge in [-0.05, 0) is 18.6 Å². The zero-order valence-corrected chi connectivity index (χ0v) is 16.0. The molecule has 3 heterocycles. The lowest BCUT2D eigenvalue weighted by molar-refractivity contribution is -0.140. The molecule has 2 unspecified atom stereocenters. The Balaban J connectivity index is 1.23. The van der Waals surface area contributed by atoms with Gasteiger partial charge in [0.15, 0.2) is 0 Å². The Labute approximate surface area is 169 Å². The number of nitrogens with one attached hydrogen (secondary N) is 1. The van der Waals surface area contributed by atoms with Gasteiger partial charge in [0.25, 0.3) is 0 Å². The van der Waals surface area contributed by atoms with E-state index < -0.39 is 17.6 Å². The molecule has 1 aromatic rings. The van der Waals surface area contributed by atoms with Gasteiger partial charge in [-0.3, -0.25) is 4.79 Å². The van der Waals surface area contributed by atoms with Gasteiger partial charge in [0.05, 0.1) is 43.5 Å². The summed E-state index contributed by atoms with van der Waals surface area (Å²) < 4.78 is 62.7. The van der Waals surface area contributed by atoms with E-state index in [-0.39, 0.29) is 49.0 Å². The molecule has 4 rings (SSSR count). The van der Waals surface area contributed by atoms with Crippen molar-refractivity contribution >= 4 is 11.9 Å². The Morgan fingerprint density at radius 2 is 2.00 bits per heavy atom. The number of halogens is 4. The summed E-state index contributed by atoms with van der Waals surface area (Å²) in [7, 11) is 0. The minimum absolute atomic E-state index is 0.0305. The van der Waals surface area contributed by atoms with Gasteiger partial charge in [0, 0.05) is 18.7 Å². The van der Waals surface area contributed by atoms with Crippen LogP contribution in [0.25, 0.3) is 0 Å². The molecule has 30 heavy (non-hydrogen) atoms. The highest BCUT2D eigenvalue weighted by molar-refractivity contribution is 5.79. The number of piperidine rings is 1. The number of alkyl halides is 3. The third-order valence-electron chi connectivity index (χ3n) is 5.57. The van der Waals surface area contributed by atoms with Gasteiger partial charge in [-0.25, -0.2) is 9.18 Å². The minimum atomic E-state index is -4.60. The van der Waals surface area contributed by atoms with Crippen molar-refractivity contribution in [3.63, 3.8) is 0 Å². The van der Waals surface area contributed by atoms with Crippen molar-refractivity contribution in [1.29, 1.82) is 0 Å². The van der Waals surface area contributed by atoms with Crippen LogP contribution in [-0.2, 0) is 27.1 Å². The predicted octanol–water partition coefficient (Wildman–Crippen LogP) is 1.75. The van der Waals surface area contributed by atoms with E-state index in [1.807, 2.05) is 0 Å². The standard InChI is InChI=1S/C19H21F4N3O4/c20-14-5-12(19(21,22)23)2-1-11(14)9-29-13-6-26(7-13)18(28)25-4-3-16-15(8-25)24-17(27)10-30-16/h1-2,5,13,15-16H,3-4,6-10H2,(H,24,27). The average molecular weight is 431 g/mol. The highest BCUT2D eigenvalue weighted by Crippen LogP contribution is 2.30. The summed E-state index contributed by atoms with van der Waals surface area (Å²) in [6.07, 6.45) is -4.36. The molecule has 1 N–H and O–H groups in total. The third kappa shape index (κ3) is 4.36. The molecule has 7 nitrogen and oxygen atoms in total. The first-order chi connectivity index (χ1) is 14.2. The predicted molar refractivity (Wildman–Crippen MR) is 94.8 cm³/mol. The maximum Gasteiger partial charge on any atom is 0.416 e. The molecule has 0 bridgehead atoms. The molecule has 3 fully saturated rings. The van der Waals surface area contributed by atoms with Crippen LogP contribution in [0.5, 0.6) is 0 Å². The largest absolute Gasteiger partial charge is 0.416 e. The van der Waals surface area contributed by atoms with E-state index in [0.717, 1.165) is 12.1 Å². The smallest absolute Gasteiger partial charge is 0.370 e. The number of hydrogen-bond donors (Lipinski definition) is 1. The second-order valence-corrected chi connectivity index (χ2v) is 7.68. The molecular weight excluding hydrogens is 410 g/mol. The Hall–Kier alpha value is -2.40. The normalized spacial score (nSPS) is 24.9. The van der Waals surface area contributed by atoms with E-state index in [2.05, 4.69) is 5.32 Å². The number of likely N-dealkylation sites (tertiary alicyclic amines) is 2. The van der Waals surface area contributed by atoms with Crippen molar-refractivity contribution < 1.29 is 36.6 Å². The molecule has 0 saturated carbocycles. The molecular formula is C19H21F4N3O4. The van der Waals surface area contributed by atoms with Crippen molar-refractivity contribution in [3.8, 4) is 0 Å². The van der Waals surface area contributed by atoms with E-state index in [0.29, 0.717) is 38.7 Å². The molecule has 3 aliphatic heterocycles. The maximum atomic E-state index is 13.9. The summed E-state index contributed by atoms with van der Waals surface area (Å²) in [5, 5.41) is 2.84. The van der Waals surface area contributed by atoms with E-state index in [1.165, 1.54) is 0 Å². The molecule has 164 valence electrons. The molecule has 0 spiro atoms. The van der Waals surface area contributed by atoms with Crippen LogP contribution >= 0.6 is 0 Å². The average Bonchev–Trinajstić information content (AvgIpc) is 2.66. The number of morpholine rings is 1. The monoisotopic (exact) mass is 431 g/mol. The maximum absolute atomic E-state index is 13.9. The second-order valence-electron chi connectivity index (χ2n) is 7.68. The topological polar surface area (TPSA) is 71.1 Å². The Bertz CT molecular complexity index is 828. The van der Waals surface area contributed by atoms with Crippen LogP contribution in [-0.4, -0.2) is 72.8 Å². The number of hydrogen-bond acceptors (Lipinski definition) is 4. The first kappa shape index (κ1) is 20.9. The lowest BCUT2D eigenvalue weighted by Crippen LogP contribution is -2.65. The molecule has 3 saturated heterocycles. The Kier molecular flexibility index (Phi) is 5.58. The fourth-order valence-electron chi connectivity index (χ4n) is 3.82. The molecule has 0 radical (unpaired) electrons. The van der Waals surface area contributed by atoms with Crippen LogP contribution in [0.15, 0.2) is 18.2 Å². The van der Waals surface area contributed by atoms with Gasteiger partial charge < -0.3 is 24.6 Å². The quantitative estimate of drug-likeness (QED) is 0.741. The van der Waals surface area contributed by atoms with Crippen LogP contribution in [0.2, 0.25) is 0 Å². The van der Waals surface area contributed by atoms with Crippen LogP contribution < -0.4 is 5.32 Å². The van der Waals surface area contributed by atoms with Crippen LogP contribution in [0, 0.1) is 5.82 Å². The van der Waals surface area contributed by atoms with Crippen molar-refractivity contribution in [2.45, 2.75) is 37.5 Å². The number of amides is 3. The molecule has 1 aromatic carbocycles. The lowest BCUT2D eigenvalue weighted by Gasteiger charge is -2.45. The van der Waals surface area contributed by atoms with Crippen molar-refractivity contribution in [2.24, 2.45) is 0 Å². The first-order valence-corrected chi connectivity index (χ1v) is 9.63. The number of rotatable bonds is 3. The summed E-state index contributed by atoms with van der Waals surface area (Å²) in [5.74, 6) is -1.17. The molecule has 3 amide bonds. The van der Waals surface area contributed by atoms with E-state index in [4.69, 9.17) is 9.47 Å². The minimum Gasteiger partial charge on any atom is -0.370 e. The van der Waals surface area contributed by atoms with E-state index >= 15 is 0 Å². The molecule has 0 aliphatic carbocycles. The lowest BCUT2D eigenvalue weighted by atomic mass is 10.0. The summed E-state index contributed by atoms with van der Waals surface area (Å²) in [4.78, 5) is 27.3. The third-order valence-corrected chi connectivity index (χ3v) is 5.57. The fraction of sp³-hybridized carbons (Fsp3) is 0.579. The van der Waals surface area contributed by atoms with E-state index in [1.54, 1.807) is 9.80 Å². The number of fused-ring (bicyclic) bond motifs is 1. The SMILES string of the molecule is O=C1COC2CCN(C(=O)N3CC(OCc4ccc(C(F)(F)F)cc4F)C3)CC2N1. The van der Waals surface area contributed by atoms with Crippen molar-refractivity contribution in [2.75, 3.05) is 32.8 Å².